The van der Waals surface area contributed by atoms with Gasteiger partial charge in [0, 0.05) is 11.8 Å². The molecule has 1 N–H and O–H groups in total. The number of carbonyl (C=O) groups is 1. The number of benzene rings is 3. The highest BCUT2D eigenvalue weighted by atomic mass is 35.5. The van der Waals surface area contributed by atoms with Crippen molar-refractivity contribution in [3.63, 3.8) is 0 Å². The quantitative estimate of drug-likeness (QED) is 0.460. The van der Waals surface area contributed by atoms with Crippen LogP contribution in [0.1, 0.15) is 5.56 Å². The van der Waals surface area contributed by atoms with Crippen molar-refractivity contribution in [1.29, 1.82) is 0 Å². The molecule has 0 saturated carbocycles. The Morgan fingerprint density at radius 3 is 2.46 bits per heavy atom. The van der Waals surface area contributed by atoms with Crippen molar-refractivity contribution in [2.45, 2.75) is 11.8 Å². The van der Waals surface area contributed by atoms with Crippen LogP contribution in [0.5, 0.6) is 17.2 Å². The molecule has 184 valence electrons. The highest BCUT2D eigenvalue weighted by Crippen LogP contribution is 2.35. The molecule has 0 radical (unpaired) electrons. The second kappa shape index (κ2) is 10.2. The molecule has 3 aromatic rings. The summed E-state index contributed by atoms with van der Waals surface area (Å²) in [7, 11) is -2.87. The lowest BCUT2D eigenvalue weighted by atomic mass is 10.2. The van der Waals surface area contributed by atoms with Gasteiger partial charge in [-0.3, -0.25) is 9.10 Å². The van der Waals surface area contributed by atoms with Crippen molar-refractivity contribution in [2.75, 3.05) is 36.5 Å². The molecule has 0 fully saturated rings. The third-order valence-electron chi connectivity index (χ3n) is 5.19. The van der Waals surface area contributed by atoms with Crippen LogP contribution in [0.2, 0.25) is 10.0 Å². The average Bonchev–Trinajstić information content (AvgIpc) is 2.84. The molecule has 4 rings (SSSR count). The summed E-state index contributed by atoms with van der Waals surface area (Å²) in [5, 5.41) is 3.11. The summed E-state index contributed by atoms with van der Waals surface area (Å²) < 4.78 is 44.9. The Hall–Kier alpha value is -3.14. The molecule has 11 heteroatoms. The number of hydrogen-bond donors (Lipinski definition) is 1. The van der Waals surface area contributed by atoms with Gasteiger partial charge in [-0.15, -0.1) is 0 Å². The van der Waals surface area contributed by atoms with Crippen LogP contribution in [0, 0.1) is 6.92 Å². The maximum atomic E-state index is 13.8. The maximum Gasteiger partial charge on any atom is 0.268 e. The van der Waals surface area contributed by atoms with Crippen molar-refractivity contribution in [3.8, 4) is 17.2 Å². The fourth-order valence-electron chi connectivity index (χ4n) is 3.51. The number of ether oxygens (including phenoxy) is 3. The molecule has 0 aromatic heterocycles. The second-order valence-electron chi connectivity index (χ2n) is 7.67. The summed E-state index contributed by atoms with van der Waals surface area (Å²) in [6.45, 7) is 2.06. The van der Waals surface area contributed by atoms with Crippen molar-refractivity contribution in [3.05, 3.63) is 70.2 Å². The molecule has 1 amide bonds. The first-order chi connectivity index (χ1) is 16.7. The highest BCUT2D eigenvalue weighted by molar-refractivity contribution is 7.93. The number of nitrogens with one attached hydrogen (secondary N) is 1. The predicted octanol–water partition coefficient (Wildman–Crippen LogP) is 4.92. The van der Waals surface area contributed by atoms with Gasteiger partial charge in [-0.25, -0.2) is 8.42 Å². The lowest BCUT2D eigenvalue weighted by Gasteiger charge is -2.25. The fourth-order valence-corrected chi connectivity index (χ4v) is 5.46. The number of anilines is 2. The number of sulfonamides is 1. The Morgan fingerprint density at radius 2 is 1.74 bits per heavy atom. The van der Waals surface area contributed by atoms with Gasteiger partial charge in [-0.2, -0.15) is 0 Å². The first-order valence-electron chi connectivity index (χ1n) is 10.5. The van der Waals surface area contributed by atoms with Crippen LogP contribution in [0.3, 0.4) is 0 Å². The fraction of sp³-hybridized carbons (Fsp3) is 0.208. The minimum atomic E-state index is -4.25. The van der Waals surface area contributed by atoms with E-state index in [0.29, 0.717) is 36.0 Å². The van der Waals surface area contributed by atoms with Gasteiger partial charge in [0.15, 0.2) is 11.5 Å². The third-order valence-corrected chi connectivity index (χ3v) is 7.73. The molecule has 35 heavy (non-hydrogen) atoms. The van der Waals surface area contributed by atoms with E-state index in [4.69, 9.17) is 37.4 Å². The maximum absolute atomic E-state index is 13.8. The zero-order valence-corrected chi connectivity index (χ0v) is 21.2. The van der Waals surface area contributed by atoms with Gasteiger partial charge in [0.25, 0.3) is 10.0 Å². The first kappa shape index (κ1) is 25.0. The summed E-state index contributed by atoms with van der Waals surface area (Å²) in [4.78, 5) is 13.0. The van der Waals surface area contributed by atoms with E-state index in [0.717, 1.165) is 4.31 Å². The summed E-state index contributed by atoms with van der Waals surface area (Å²) in [6, 6.07) is 14.1. The zero-order valence-electron chi connectivity index (χ0n) is 18.9. The van der Waals surface area contributed by atoms with E-state index in [9.17, 15) is 13.2 Å². The lowest BCUT2D eigenvalue weighted by Crippen LogP contribution is -2.38. The summed E-state index contributed by atoms with van der Waals surface area (Å²) in [6.07, 6.45) is 0. The van der Waals surface area contributed by atoms with E-state index in [2.05, 4.69) is 5.32 Å². The molecule has 0 saturated heterocycles. The molecule has 0 spiro atoms. The van der Waals surface area contributed by atoms with Crippen LogP contribution < -0.4 is 23.8 Å². The molecule has 1 heterocycles. The van der Waals surface area contributed by atoms with E-state index in [-0.39, 0.29) is 26.4 Å². The second-order valence-corrected chi connectivity index (χ2v) is 10.3. The first-order valence-corrected chi connectivity index (χ1v) is 12.7. The SMILES string of the molecule is COc1ccc(C)cc1S(=O)(=O)N(CC(=O)Nc1ccc2c(c1)OCCO2)c1ccc(Cl)c(Cl)c1. The standard InChI is InChI=1S/C24H22Cl2N2O6S/c1-15-3-7-21(32-2)23(11-15)35(30,31)28(17-5-6-18(25)19(26)13-17)14-24(29)27-16-4-8-20-22(12-16)34-10-9-33-20/h3-8,11-13H,9-10,14H2,1-2H3,(H,27,29). The van der Waals surface area contributed by atoms with Gasteiger partial charge < -0.3 is 19.5 Å². The van der Waals surface area contributed by atoms with E-state index in [1.165, 1.54) is 31.4 Å². The highest BCUT2D eigenvalue weighted by Gasteiger charge is 2.31. The predicted molar refractivity (Wildman–Crippen MR) is 135 cm³/mol. The van der Waals surface area contributed by atoms with E-state index >= 15 is 0 Å². The number of carbonyl (C=O) groups excluding carboxylic acids is 1. The van der Waals surface area contributed by atoms with Crippen LogP contribution >= 0.6 is 23.2 Å². The number of nitrogens with zero attached hydrogens (tertiary/aromatic N) is 1. The number of fused-ring (bicyclic) bond motifs is 1. The van der Waals surface area contributed by atoms with E-state index in [1.54, 1.807) is 37.3 Å². The summed E-state index contributed by atoms with van der Waals surface area (Å²) >= 11 is 12.2. The number of amides is 1. The smallest absolute Gasteiger partial charge is 0.268 e. The summed E-state index contributed by atoms with van der Waals surface area (Å²) in [5.41, 5.74) is 1.30. The van der Waals surface area contributed by atoms with Crippen LogP contribution in [0.4, 0.5) is 11.4 Å². The third kappa shape index (κ3) is 5.42. The molecular weight excluding hydrogens is 515 g/mol. The molecule has 0 unspecified atom stereocenters. The monoisotopic (exact) mass is 536 g/mol. The van der Waals surface area contributed by atoms with Crippen molar-refractivity contribution in [1.82, 2.24) is 0 Å². The number of hydrogen-bond acceptors (Lipinski definition) is 6. The van der Waals surface area contributed by atoms with Crippen molar-refractivity contribution in [2.24, 2.45) is 0 Å². The minimum absolute atomic E-state index is 0.0850. The van der Waals surface area contributed by atoms with E-state index in [1.807, 2.05) is 0 Å². The van der Waals surface area contributed by atoms with Gasteiger partial charge in [0.2, 0.25) is 5.91 Å². The molecular formula is C24H22Cl2N2O6S. The Kier molecular flexibility index (Phi) is 7.30. The molecule has 3 aromatic carbocycles. The Balaban J connectivity index is 1.69. The average molecular weight is 537 g/mol. The largest absolute Gasteiger partial charge is 0.495 e. The van der Waals surface area contributed by atoms with Crippen molar-refractivity contribution >= 4 is 50.5 Å². The number of methoxy groups -OCH3 is 1. The lowest BCUT2D eigenvalue weighted by molar-refractivity contribution is -0.114. The van der Waals surface area contributed by atoms with Gasteiger partial charge in [-0.1, -0.05) is 29.3 Å². The number of halogens is 2. The Labute approximate surface area is 213 Å². The number of rotatable bonds is 7. The Morgan fingerprint density at radius 1 is 1.00 bits per heavy atom. The topological polar surface area (TPSA) is 94.2 Å². The van der Waals surface area contributed by atoms with Gasteiger partial charge in [0.05, 0.1) is 22.8 Å². The van der Waals surface area contributed by atoms with E-state index < -0.39 is 22.5 Å². The molecule has 0 aliphatic carbocycles. The molecule has 0 atom stereocenters. The van der Waals surface area contributed by atoms with Crippen LogP contribution in [0.25, 0.3) is 0 Å². The molecule has 1 aliphatic heterocycles. The zero-order chi connectivity index (χ0) is 25.2. The van der Waals surface area contributed by atoms with Gasteiger partial charge in [0.1, 0.15) is 30.4 Å². The van der Waals surface area contributed by atoms with Crippen LogP contribution in [0.15, 0.2) is 59.5 Å². The number of aryl methyl sites for hydroxylation is 1. The molecule has 8 nitrogen and oxygen atoms in total. The Bertz CT molecular complexity index is 1380. The molecule has 1 aliphatic rings. The minimum Gasteiger partial charge on any atom is -0.495 e. The van der Waals surface area contributed by atoms with Gasteiger partial charge >= 0.3 is 0 Å². The van der Waals surface area contributed by atoms with Crippen LogP contribution in [-0.2, 0) is 14.8 Å². The van der Waals surface area contributed by atoms with Gasteiger partial charge in [-0.05, 0) is 55.0 Å². The molecule has 0 bridgehead atoms. The normalized spacial score (nSPS) is 12.7. The van der Waals surface area contributed by atoms with Crippen molar-refractivity contribution < 1.29 is 27.4 Å². The summed E-state index contributed by atoms with van der Waals surface area (Å²) in [5.74, 6) is 0.629. The van der Waals surface area contributed by atoms with Crippen LogP contribution in [-0.4, -0.2) is 41.2 Å².